The van der Waals surface area contributed by atoms with Gasteiger partial charge in [-0.15, -0.1) is 11.3 Å². The zero-order valence-corrected chi connectivity index (χ0v) is 18.5. The quantitative estimate of drug-likeness (QED) is 0.486. The molecule has 0 aliphatic heterocycles. The molecule has 0 saturated carbocycles. The molecule has 0 atom stereocenters. The van der Waals surface area contributed by atoms with E-state index in [2.05, 4.69) is 10.3 Å². The number of hydrogen-bond acceptors (Lipinski definition) is 6. The van der Waals surface area contributed by atoms with Gasteiger partial charge in [-0.1, -0.05) is 23.9 Å². The van der Waals surface area contributed by atoms with Crippen molar-refractivity contribution in [3.8, 4) is 11.4 Å². The van der Waals surface area contributed by atoms with Crippen LogP contribution in [0.25, 0.3) is 5.69 Å². The zero-order chi connectivity index (χ0) is 21.3. The second-order valence-corrected chi connectivity index (χ2v) is 8.31. The molecule has 3 rings (SSSR count). The van der Waals surface area contributed by atoms with E-state index in [1.165, 1.54) is 11.8 Å². The van der Waals surface area contributed by atoms with Crippen molar-refractivity contribution >= 4 is 34.9 Å². The van der Waals surface area contributed by atoms with Crippen LogP contribution >= 0.6 is 23.1 Å². The van der Waals surface area contributed by atoms with Crippen LogP contribution in [0.4, 0.5) is 0 Å². The molecule has 7 nitrogen and oxygen atoms in total. The summed E-state index contributed by atoms with van der Waals surface area (Å²) in [5.74, 6) is 0.682. The standard InChI is InChI=1S/C21H24N4O3S2/c1-3-24(14-19(26)23-13-18-8-5-11-29-18)20(27)15-30-21-22-9-10-25(21)16-6-4-7-17(12-16)28-2/h4-12H,3,13-15H2,1-2H3,(H,23,26). The average molecular weight is 445 g/mol. The fourth-order valence-electron chi connectivity index (χ4n) is 2.78. The Bertz CT molecular complexity index is 972. The third kappa shape index (κ3) is 5.87. The van der Waals surface area contributed by atoms with Gasteiger partial charge in [-0.25, -0.2) is 4.98 Å². The molecule has 0 aliphatic rings. The summed E-state index contributed by atoms with van der Waals surface area (Å²) in [6, 6.07) is 11.5. The molecule has 0 aliphatic carbocycles. The van der Waals surface area contributed by atoms with Gasteiger partial charge in [0.15, 0.2) is 5.16 Å². The number of likely N-dealkylation sites (N-methyl/N-ethyl adjacent to an activating group) is 1. The van der Waals surface area contributed by atoms with Crippen LogP contribution in [-0.2, 0) is 16.1 Å². The summed E-state index contributed by atoms with van der Waals surface area (Å²) in [6.45, 7) is 2.86. The normalized spacial score (nSPS) is 10.6. The van der Waals surface area contributed by atoms with Gasteiger partial charge in [-0.05, 0) is 30.5 Å². The highest BCUT2D eigenvalue weighted by molar-refractivity contribution is 7.99. The molecular formula is C21H24N4O3S2. The highest BCUT2D eigenvalue weighted by atomic mass is 32.2. The fourth-order valence-corrected chi connectivity index (χ4v) is 4.30. The van der Waals surface area contributed by atoms with Crippen molar-refractivity contribution in [1.29, 1.82) is 0 Å². The number of methoxy groups -OCH3 is 1. The second kappa shape index (κ2) is 10.8. The van der Waals surface area contributed by atoms with Gasteiger partial charge in [-0.2, -0.15) is 0 Å². The lowest BCUT2D eigenvalue weighted by Crippen LogP contribution is -2.41. The topological polar surface area (TPSA) is 76.5 Å². The van der Waals surface area contributed by atoms with E-state index >= 15 is 0 Å². The lowest BCUT2D eigenvalue weighted by molar-refractivity contribution is -0.133. The number of carbonyl (C=O) groups excluding carboxylic acids is 2. The number of carbonyl (C=O) groups is 2. The van der Waals surface area contributed by atoms with Crippen LogP contribution in [0.3, 0.4) is 0 Å². The molecule has 3 aromatic rings. The number of benzene rings is 1. The predicted molar refractivity (Wildman–Crippen MR) is 119 cm³/mol. The van der Waals surface area contributed by atoms with E-state index in [1.54, 1.807) is 29.5 Å². The molecule has 0 spiro atoms. The predicted octanol–water partition coefficient (Wildman–Crippen LogP) is 3.20. The Morgan fingerprint density at radius 1 is 1.30 bits per heavy atom. The average Bonchev–Trinajstić information content (AvgIpc) is 3.46. The third-order valence-electron chi connectivity index (χ3n) is 4.37. The maximum Gasteiger partial charge on any atom is 0.239 e. The molecule has 1 aromatic carbocycles. The van der Waals surface area contributed by atoms with Gasteiger partial charge in [0.1, 0.15) is 5.75 Å². The maximum atomic E-state index is 12.7. The molecule has 30 heavy (non-hydrogen) atoms. The Kier molecular flexibility index (Phi) is 7.92. The Labute approximate surface area is 184 Å². The van der Waals surface area contributed by atoms with E-state index < -0.39 is 0 Å². The number of thiophene rings is 1. The molecule has 0 fully saturated rings. The number of amides is 2. The summed E-state index contributed by atoms with van der Waals surface area (Å²) in [6.07, 6.45) is 3.54. The van der Waals surface area contributed by atoms with Crippen LogP contribution in [0.2, 0.25) is 0 Å². The van der Waals surface area contributed by atoms with E-state index in [1.807, 2.05) is 59.5 Å². The molecule has 0 saturated heterocycles. The third-order valence-corrected chi connectivity index (χ3v) is 6.20. The number of thioether (sulfide) groups is 1. The van der Waals surface area contributed by atoms with Crippen molar-refractivity contribution in [2.24, 2.45) is 0 Å². The van der Waals surface area contributed by atoms with Gasteiger partial charge in [0.25, 0.3) is 0 Å². The minimum absolute atomic E-state index is 0.0472. The Morgan fingerprint density at radius 3 is 2.90 bits per heavy atom. The number of ether oxygens (including phenoxy) is 1. The highest BCUT2D eigenvalue weighted by Gasteiger charge is 2.17. The van der Waals surface area contributed by atoms with Gasteiger partial charge >= 0.3 is 0 Å². The molecule has 0 unspecified atom stereocenters. The number of rotatable bonds is 10. The van der Waals surface area contributed by atoms with Crippen molar-refractivity contribution in [1.82, 2.24) is 19.8 Å². The van der Waals surface area contributed by atoms with Crippen LogP contribution in [0.1, 0.15) is 11.8 Å². The first-order valence-electron chi connectivity index (χ1n) is 9.48. The minimum atomic E-state index is -0.165. The summed E-state index contributed by atoms with van der Waals surface area (Å²) in [4.78, 5) is 31.9. The number of nitrogens with zero attached hydrogens (tertiary/aromatic N) is 3. The molecular weight excluding hydrogens is 420 g/mol. The number of hydrogen-bond donors (Lipinski definition) is 1. The van der Waals surface area contributed by atoms with Crippen LogP contribution in [0.15, 0.2) is 59.3 Å². The van der Waals surface area contributed by atoms with Crippen molar-refractivity contribution in [2.45, 2.75) is 18.6 Å². The lowest BCUT2D eigenvalue weighted by Gasteiger charge is -2.20. The van der Waals surface area contributed by atoms with E-state index in [0.717, 1.165) is 16.3 Å². The van der Waals surface area contributed by atoms with Crippen LogP contribution in [0.5, 0.6) is 5.75 Å². The largest absolute Gasteiger partial charge is 0.497 e. The molecule has 2 aromatic heterocycles. The zero-order valence-electron chi connectivity index (χ0n) is 16.9. The summed E-state index contributed by atoms with van der Waals surface area (Å²) >= 11 is 2.93. The first-order valence-corrected chi connectivity index (χ1v) is 11.3. The number of aromatic nitrogens is 2. The van der Waals surface area contributed by atoms with Crippen LogP contribution < -0.4 is 10.1 Å². The maximum absolute atomic E-state index is 12.7. The number of nitrogens with one attached hydrogen (secondary N) is 1. The Balaban J connectivity index is 1.55. The van der Waals surface area contributed by atoms with Gasteiger partial charge in [-0.3, -0.25) is 14.2 Å². The van der Waals surface area contributed by atoms with Crippen LogP contribution in [0, 0.1) is 0 Å². The van der Waals surface area contributed by atoms with E-state index in [-0.39, 0.29) is 24.1 Å². The van der Waals surface area contributed by atoms with Crippen LogP contribution in [-0.4, -0.2) is 52.2 Å². The first-order chi connectivity index (χ1) is 14.6. The number of imidazole rings is 1. The second-order valence-electron chi connectivity index (χ2n) is 6.33. The van der Waals surface area contributed by atoms with Gasteiger partial charge in [0, 0.05) is 29.9 Å². The Morgan fingerprint density at radius 2 is 2.17 bits per heavy atom. The van der Waals surface area contributed by atoms with E-state index in [0.29, 0.717) is 18.2 Å². The SMILES string of the molecule is CCN(CC(=O)NCc1cccs1)C(=O)CSc1nccn1-c1cccc(OC)c1. The van der Waals surface area contributed by atoms with Gasteiger partial charge < -0.3 is 15.0 Å². The monoisotopic (exact) mass is 444 g/mol. The molecule has 158 valence electrons. The molecule has 0 bridgehead atoms. The van der Waals surface area contributed by atoms with Crippen molar-refractivity contribution in [2.75, 3.05) is 26.0 Å². The van der Waals surface area contributed by atoms with Crippen molar-refractivity contribution in [3.63, 3.8) is 0 Å². The summed E-state index contributed by atoms with van der Waals surface area (Å²) in [5, 5.41) is 5.53. The van der Waals surface area contributed by atoms with Gasteiger partial charge in [0.05, 0.1) is 31.6 Å². The molecule has 2 amide bonds. The van der Waals surface area contributed by atoms with E-state index in [9.17, 15) is 9.59 Å². The van der Waals surface area contributed by atoms with E-state index in [4.69, 9.17) is 4.74 Å². The minimum Gasteiger partial charge on any atom is -0.497 e. The first kappa shape index (κ1) is 21.9. The van der Waals surface area contributed by atoms with Crippen molar-refractivity contribution < 1.29 is 14.3 Å². The van der Waals surface area contributed by atoms with Crippen molar-refractivity contribution in [3.05, 3.63) is 59.0 Å². The summed E-state index contributed by atoms with van der Waals surface area (Å²) in [7, 11) is 1.62. The Hall–Kier alpha value is -2.78. The highest BCUT2D eigenvalue weighted by Crippen LogP contribution is 2.23. The summed E-state index contributed by atoms with van der Waals surface area (Å²) in [5.41, 5.74) is 0.905. The molecule has 9 heteroatoms. The molecule has 1 N–H and O–H groups in total. The summed E-state index contributed by atoms with van der Waals surface area (Å²) < 4.78 is 7.19. The lowest BCUT2D eigenvalue weighted by atomic mass is 10.3. The smallest absolute Gasteiger partial charge is 0.239 e. The molecule has 2 heterocycles. The van der Waals surface area contributed by atoms with Gasteiger partial charge in [0.2, 0.25) is 11.8 Å². The fraction of sp³-hybridized carbons (Fsp3) is 0.286. The molecule has 0 radical (unpaired) electrons.